The molecule has 1 heterocycles. The van der Waals surface area contributed by atoms with E-state index < -0.39 is 17.7 Å². The third kappa shape index (κ3) is 4.68. The summed E-state index contributed by atoms with van der Waals surface area (Å²) in [5, 5.41) is 5.42. The van der Waals surface area contributed by atoms with E-state index in [4.69, 9.17) is 4.74 Å². The first-order valence-corrected chi connectivity index (χ1v) is 9.17. The van der Waals surface area contributed by atoms with Crippen molar-refractivity contribution in [3.05, 3.63) is 70.7 Å². The molecule has 0 fully saturated rings. The first kappa shape index (κ1) is 19.0. The van der Waals surface area contributed by atoms with Gasteiger partial charge in [0, 0.05) is 10.9 Å². The number of hydrogen-bond acceptors (Lipinski definition) is 4. The lowest BCUT2D eigenvalue weighted by molar-refractivity contribution is -0.121. The molecule has 1 unspecified atom stereocenters. The highest BCUT2D eigenvalue weighted by atomic mass is 32.1. The lowest BCUT2D eigenvalue weighted by atomic mass is 10.1. The fraction of sp³-hybridized carbons (Fsp3) is 0.200. The number of ether oxygens (including phenoxy) is 1. The molecule has 1 atom stereocenters. The minimum Gasteiger partial charge on any atom is -0.497 e. The van der Waals surface area contributed by atoms with Crippen molar-refractivity contribution in [2.45, 2.75) is 19.4 Å². The first-order valence-electron chi connectivity index (χ1n) is 8.29. The van der Waals surface area contributed by atoms with E-state index in [1.807, 2.05) is 29.6 Å². The number of nitrogens with one attached hydrogen (secondary N) is 1. The number of carbonyl (C=O) groups excluding carboxylic acids is 1. The summed E-state index contributed by atoms with van der Waals surface area (Å²) in [5.74, 6) is -1.32. The van der Waals surface area contributed by atoms with Gasteiger partial charge in [-0.25, -0.2) is 13.8 Å². The summed E-state index contributed by atoms with van der Waals surface area (Å²) in [5.41, 5.74) is 2.10. The van der Waals surface area contributed by atoms with E-state index in [1.165, 1.54) is 17.4 Å². The minimum absolute atomic E-state index is 0.112. The number of hydrogen-bond donors (Lipinski definition) is 1. The summed E-state index contributed by atoms with van der Waals surface area (Å²) < 4.78 is 31.5. The monoisotopic (exact) mass is 388 g/mol. The van der Waals surface area contributed by atoms with Crippen molar-refractivity contribution in [1.82, 2.24) is 10.3 Å². The van der Waals surface area contributed by atoms with E-state index in [1.54, 1.807) is 14.0 Å². The molecule has 1 N–H and O–H groups in total. The third-order valence-electron chi connectivity index (χ3n) is 4.05. The van der Waals surface area contributed by atoms with E-state index in [0.29, 0.717) is 11.3 Å². The summed E-state index contributed by atoms with van der Waals surface area (Å²) in [6.45, 7) is 1.72. The molecular formula is C20H18F2N2O2S. The van der Waals surface area contributed by atoms with E-state index in [0.717, 1.165) is 28.5 Å². The smallest absolute Gasteiger partial charge is 0.226 e. The Balaban J connectivity index is 1.62. The Morgan fingerprint density at radius 1 is 1.19 bits per heavy atom. The number of rotatable bonds is 6. The molecule has 3 aromatic rings. The minimum atomic E-state index is -0.933. The van der Waals surface area contributed by atoms with E-state index in [-0.39, 0.29) is 12.3 Å². The zero-order chi connectivity index (χ0) is 19.4. The Morgan fingerprint density at radius 2 is 1.93 bits per heavy atom. The topological polar surface area (TPSA) is 51.2 Å². The SMILES string of the molecule is COc1ccc(-c2nc(CC(=O)NC(C)c3ccc(F)c(F)c3)cs2)cc1. The predicted molar refractivity (Wildman–Crippen MR) is 101 cm³/mol. The zero-order valence-electron chi connectivity index (χ0n) is 14.8. The first-order chi connectivity index (χ1) is 13.0. The number of halogens is 2. The molecular weight excluding hydrogens is 370 g/mol. The van der Waals surface area contributed by atoms with Crippen molar-refractivity contribution in [3.63, 3.8) is 0 Å². The second-order valence-corrected chi connectivity index (χ2v) is 6.87. The molecule has 0 aliphatic heterocycles. The third-order valence-corrected chi connectivity index (χ3v) is 4.99. The second-order valence-electron chi connectivity index (χ2n) is 6.01. The highest BCUT2D eigenvalue weighted by Crippen LogP contribution is 2.26. The quantitative estimate of drug-likeness (QED) is 0.676. The Bertz CT molecular complexity index is 941. The predicted octanol–water partition coefficient (Wildman–Crippen LogP) is 4.52. The Hall–Kier alpha value is -2.80. The van der Waals surface area contributed by atoms with Crippen LogP contribution in [0.5, 0.6) is 5.75 Å². The van der Waals surface area contributed by atoms with Crippen LogP contribution in [0.1, 0.15) is 24.2 Å². The molecule has 1 aromatic heterocycles. The number of carbonyl (C=O) groups is 1. The molecule has 140 valence electrons. The van der Waals surface area contributed by atoms with E-state index in [9.17, 15) is 13.6 Å². The van der Waals surface area contributed by atoms with Crippen molar-refractivity contribution in [2.75, 3.05) is 7.11 Å². The number of nitrogens with zero attached hydrogens (tertiary/aromatic N) is 1. The molecule has 0 bridgehead atoms. The Labute approximate surface area is 159 Å². The summed E-state index contributed by atoms with van der Waals surface area (Å²) in [4.78, 5) is 16.7. The van der Waals surface area contributed by atoms with Crippen LogP contribution >= 0.6 is 11.3 Å². The molecule has 4 nitrogen and oxygen atoms in total. The van der Waals surface area contributed by atoms with Gasteiger partial charge in [-0.2, -0.15) is 0 Å². The van der Waals surface area contributed by atoms with Crippen LogP contribution in [-0.2, 0) is 11.2 Å². The van der Waals surface area contributed by atoms with Gasteiger partial charge in [0.1, 0.15) is 10.8 Å². The van der Waals surface area contributed by atoms with Crippen molar-refractivity contribution >= 4 is 17.2 Å². The summed E-state index contributed by atoms with van der Waals surface area (Å²) in [7, 11) is 1.61. The zero-order valence-corrected chi connectivity index (χ0v) is 15.6. The maximum atomic E-state index is 13.3. The molecule has 0 aliphatic carbocycles. The molecule has 0 saturated heterocycles. The molecule has 0 spiro atoms. The van der Waals surface area contributed by atoms with Crippen LogP contribution in [0.3, 0.4) is 0 Å². The molecule has 2 aromatic carbocycles. The normalized spacial score (nSPS) is 11.9. The summed E-state index contributed by atoms with van der Waals surface area (Å²) >= 11 is 1.45. The average molecular weight is 388 g/mol. The molecule has 1 amide bonds. The van der Waals surface area contributed by atoms with Gasteiger partial charge in [-0.1, -0.05) is 6.07 Å². The maximum Gasteiger partial charge on any atom is 0.226 e. The van der Waals surface area contributed by atoms with Gasteiger partial charge in [0.05, 0.1) is 25.3 Å². The van der Waals surface area contributed by atoms with Crippen molar-refractivity contribution in [2.24, 2.45) is 0 Å². The molecule has 0 saturated carbocycles. The second kappa shape index (κ2) is 8.26. The van der Waals surface area contributed by atoms with Gasteiger partial charge in [0.25, 0.3) is 0 Å². The molecule has 7 heteroatoms. The van der Waals surface area contributed by atoms with Gasteiger partial charge in [-0.05, 0) is 48.9 Å². The van der Waals surface area contributed by atoms with Gasteiger partial charge < -0.3 is 10.1 Å². The Kier molecular flexibility index (Phi) is 5.81. The van der Waals surface area contributed by atoms with Crippen LogP contribution < -0.4 is 10.1 Å². The van der Waals surface area contributed by atoms with Gasteiger partial charge in [0.15, 0.2) is 11.6 Å². The molecule has 0 radical (unpaired) electrons. The number of aromatic nitrogens is 1. The highest BCUT2D eigenvalue weighted by molar-refractivity contribution is 7.13. The Morgan fingerprint density at radius 3 is 2.59 bits per heavy atom. The van der Waals surface area contributed by atoms with Crippen LogP contribution in [0.2, 0.25) is 0 Å². The lowest BCUT2D eigenvalue weighted by Gasteiger charge is -2.14. The molecule has 3 rings (SSSR count). The molecule has 27 heavy (non-hydrogen) atoms. The highest BCUT2D eigenvalue weighted by Gasteiger charge is 2.14. The lowest BCUT2D eigenvalue weighted by Crippen LogP contribution is -2.28. The maximum absolute atomic E-state index is 13.3. The van der Waals surface area contributed by atoms with Gasteiger partial charge in [-0.3, -0.25) is 4.79 Å². The summed E-state index contributed by atoms with van der Waals surface area (Å²) in [6, 6.07) is 10.7. The number of methoxy groups -OCH3 is 1. The van der Waals surface area contributed by atoms with Crippen LogP contribution in [-0.4, -0.2) is 18.0 Å². The average Bonchev–Trinajstić information content (AvgIpc) is 3.12. The van der Waals surface area contributed by atoms with E-state index >= 15 is 0 Å². The van der Waals surface area contributed by atoms with Gasteiger partial charge in [0.2, 0.25) is 5.91 Å². The van der Waals surface area contributed by atoms with Crippen LogP contribution in [0, 0.1) is 11.6 Å². The number of benzene rings is 2. The fourth-order valence-corrected chi connectivity index (χ4v) is 3.40. The number of amides is 1. The standard InChI is InChI=1S/C20H18F2N2O2S/c1-12(14-5-8-17(21)18(22)9-14)23-19(25)10-15-11-27-20(24-15)13-3-6-16(26-2)7-4-13/h3-9,11-12H,10H2,1-2H3,(H,23,25). The summed E-state index contributed by atoms with van der Waals surface area (Å²) in [6.07, 6.45) is 0.112. The fourth-order valence-electron chi connectivity index (χ4n) is 2.58. The van der Waals surface area contributed by atoms with E-state index in [2.05, 4.69) is 10.3 Å². The van der Waals surface area contributed by atoms with Gasteiger partial charge in [-0.15, -0.1) is 11.3 Å². The number of thiazole rings is 1. The van der Waals surface area contributed by atoms with Crippen molar-refractivity contribution in [1.29, 1.82) is 0 Å². The van der Waals surface area contributed by atoms with Crippen LogP contribution in [0.15, 0.2) is 47.8 Å². The molecule has 0 aliphatic rings. The largest absolute Gasteiger partial charge is 0.497 e. The van der Waals surface area contributed by atoms with Crippen molar-refractivity contribution in [3.8, 4) is 16.3 Å². The van der Waals surface area contributed by atoms with Gasteiger partial charge >= 0.3 is 0 Å². The van der Waals surface area contributed by atoms with Crippen LogP contribution in [0.4, 0.5) is 8.78 Å². The van der Waals surface area contributed by atoms with Crippen molar-refractivity contribution < 1.29 is 18.3 Å². The van der Waals surface area contributed by atoms with Crippen LogP contribution in [0.25, 0.3) is 10.6 Å².